The van der Waals surface area contributed by atoms with Gasteiger partial charge in [-0.05, 0) is 41.5 Å². The molecule has 0 bridgehead atoms. The Labute approximate surface area is 82.0 Å². The van der Waals surface area contributed by atoms with Gasteiger partial charge in [-0.25, -0.2) is 0 Å². The van der Waals surface area contributed by atoms with Crippen LogP contribution in [0.5, 0.6) is 0 Å². The van der Waals surface area contributed by atoms with E-state index >= 15 is 0 Å². The number of rotatable bonds is 1. The molecule has 3 nitrogen and oxygen atoms in total. The lowest BCUT2D eigenvalue weighted by Gasteiger charge is -1.83. The van der Waals surface area contributed by atoms with Crippen LogP contribution in [0, 0.1) is 0 Å². The van der Waals surface area contributed by atoms with Crippen molar-refractivity contribution in [2.24, 2.45) is 10.2 Å². The Bertz CT molecular complexity index is 165. The van der Waals surface area contributed by atoms with E-state index in [4.69, 9.17) is 0 Å². The summed E-state index contributed by atoms with van der Waals surface area (Å²) in [5.41, 5.74) is 1.98. The Morgan fingerprint density at radius 1 is 0.769 bits per heavy atom. The molecule has 0 amide bonds. The molecular formula is C10H22N2O. The third kappa shape index (κ3) is 55.6. The van der Waals surface area contributed by atoms with Crippen molar-refractivity contribution in [3.8, 4) is 0 Å². The second-order valence-corrected chi connectivity index (χ2v) is 3.00. The number of ketones is 1. The summed E-state index contributed by atoms with van der Waals surface area (Å²) in [6.07, 6.45) is 0. The van der Waals surface area contributed by atoms with Crippen molar-refractivity contribution >= 4 is 17.2 Å². The molecule has 3 heteroatoms. The third-order valence-corrected chi connectivity index (χ3v) is 0.450. The molecule has 0 atom stereocenters. The first-order valence-electron chi connectivity index (χ1n) is 3.85. The molecule has 0 radical (unpaired) electrons. The molecule has 0 fully saturated rings. The molecule has 0 aliphatic carbocycles. The highest BCUT2D eigenvalue weighted by Crippen LogP contribution is 1.79. The number of nitrogens with zero attached hydrogens (tertiary/aromatic N) is 2. The number of carbonyl (C=O) groups excluding carboxylic acids is 1. The van der Waals surface area contributed by atoms with Gasteiger partial charge in [0.1, 0.15) is 5.78 Å². The smallest absolute Gasteiger partial charge is 0.126 e. The average molecular weight is 186 g/mol. The highest BCUT2D eigenvalue weighted by atomic mass is 16.1. The van der Waals surface area contributed by atoms with Crippen molar-refractivity contribution in [2.45, 2.75) is 49.0 Å². The Balaban J connectivity index is -0.000000173. The van der Waals surface area contributed by atoms with Crippen molar-refractivity contribution in [3.05, 3.63) is 0 Å². The maximum absolute atomic E-state index is 9.44. The molecule has 0 aromatic carbocycles. The molecule has 0 heterocycles. The largest absolute Gasteiger partial charge is 0.300 e. The first-order valence-corrected chi connectivity index (χ1v) is 3.85. The molecule has 78 valence electrons. The van der Waals surface area contributed by atoms with Gasteiger partial charge >= 0.3 is 0 Å². The number of hydrogen-bond acceptors (Lipinski definition) is 3. The molecule has 0 aromatic rings. The Morgan fingerprint density at radius 2 is 0.923 bits per heavy atom. The summed E-state index contributed by atoms with van der Waals surface area (Å²) in [4.78, 5) is 9.44. The van der Waals surface area contributed by atoms with E-state index in [0.29, 0.717) is 0 Å². The minimum Gasteiger partial charge on any atom is -0.300 e. The molecular weight excluding hydrogens is 164 g/mol. The SMILES string of the molecule is C.CC(C)=NN=C(C)C.CC(C)=O. The summed E-state index contributed by atoms with van der Waals surface area (Å²) in [7, 11) is 0. The molecule has 0 aromatic heterocycles. The van der Waals surface area contributed by atoms with Crippen LogP contribution in [-0.2, 0) is 4.79 Å². The summed E-state index contributed by atoms with van der Waals surface area (Å²) in [5.74, 6) is 0.167. The third-order valence-electron chi connectivity index (χ3n) is 0.450. The zero-order valence-corrected chi connectivity index (χ0v) is 8.80. The van der Waals surface area contributed by atoms with Crippen LogP contribution in [0.25, 0.3) is 0 Å². The average Bonchev–Trinajstić information content (AvgIpc) is 1.82. The van der Waals surface area contributed by atoms with Gasteiger partial charge in [0, 0.05) is 11.4 Å². The van der Waals surface area contributed by atoms with E-state index in [1.165, 1.54) is 13.8 Å². The minimum atomic E-state index is 0. The van der Waals surface area contributed by atoms with E-state index in [2.05, 4.69) is 10.2 Å². The van der Waals surface area contributed by atoms with E-state index in [0.717, 1.165) is 11.4 Å². The lowest BCUT2D eigenvalue weighted by Crippen LogP contribution is -1.81. The fourth-order valence-electron chi connectivity index (χ4n) is 0.200. The van der Waals surface area contributed by atoms with Crippen LogP contribution in [0.2, 0.25) is 0 Å². The van der Waals surface area contributed by atoms with E-state index in [-0.39, 0.29) is 13.2 Å². The van der Waals surface area contributed by atoms with Crippen LogP contribution >= 0.6 is 0 Å². The fraction of sp³-hybridized carbons (Fsp3) is 0.700. The summed E-state index contributed by atoms with van der Waals surface area (Å²) in [5, 5.41) is 7.66. The Kier molecular flexibility index (Phi) is 15.2. The van der Waals surface area contributed by atoms with Crippen molar-refractivity contribution in [3.63, 3.8) is 0 Å². The quantitative estimate of drug-likeness (QED) is 0.458. The second kappa shape index (κ2) is 11.0. The monoisotopic (exact) mass is 186 g/mol. The van der Waals surface area contributed by atoms with Crippen molar-refractivity contribution in [1.82, 2.24) is 0 Å². The lowest BCUT2D eigenvalue weighted by atomic mass is 10.5. The van der Waals surface area contributed by atoms with Gasteiger partial charge in [-0.1, -0.05) is 7.43 Å². The zero-order chi connectivity index (χ0) is 10.1. The molecule has 0 N–H and O–H groups in total. The highest BCUT2D eigenvalue weighted by molar-refractivity contribution is 5.82. The van der Waals surface area contributed by atoms with Gasteiger partial charge in [0.25, 0.3) is 0 Å². The molecule has 0 saturated carbocycles. The topological polar surface area (TPSA) is 41.8 Å². The molecule has 0 rings (SSSR count). The first-order chi connectivity index (χ1) is 5.36. The molecule has 0 aliphatic rings. The second-order valence-electron chi connectivity index (χ2n) is 3.00. The van der Waals surface area contributed by atoms with Gasteiger partial charge in [0.2, 0.25) is 0 Å². The van der Waals surface area contributed by atoms with Gasteiger partial charge in [-0.2, -0.15) is 10.2 Å². The highest BCUT2D eigenvalue weighted by Gasteiger charge is 1.74. The Morgan fingerprint density at radius 3 is 1.00 bits per heavy atom. The fourth-order valence-corrected chi connectivity index (χ4v) is 0.200. The zero-order valence-electron chi connectivity index (χ0n) is 8.80. The van der Waals surface area contributed by atoms with Crippen molar-refractivity contribution in [1.29, 1.82) is 0 Å². The van der Waals surface area contributed by atoms with E-state index in [1.54, 1.807) is 0 Å². The summed E-state index contributed by atoms with van der Waals surface area (Å²) >= 11 is 0. The van der Waals surface area contributed by atoms with Crippen LogP contribution in [0.3, 0.4) is 0 Å². The van der Waals surface area contributed by atoms with Gasteiger partial charge in [0.15, 0.2) is 0 Å². The van der Waals surface area contributed by atoms with Gasteiger partial charge in [0.05, 0.1) is 0 Å². The van der Waals surface area contributed by atoms with Crippen LogP contribution in [0.1, 0.15) is 49.0 Å². The molecule has 0 spiro atoms. The van der Waals surface area contributed by atoms with Gasteiger partial charge < -0.3 is 4.79 Å². The van der Waals surface area contributed by atoms with Crippen LogP contribution in [-0.4, -0.2) is 17.2 Å². The van der Waals surface area contributed by atoms with Crippen molar-refractivity contribution < 1.29 is 4.79 Å². The van der Waals surface area contributed by atoms with E-state index < -0.39 is 0 Å². The van der Waals surface area contributed by atoms with Crippen LogP contribution in [0.4, 0.5) is 0 Å². The van der Waals surface area contributed by atoms with E-state index in [1.807, 2.05) is 27.7 Å². The summed E-state index contributed by atoms with van der Waals surface area (Å²) in [6.45, 7) is 10.7. The first kappa shape index (κ1) is 17.9. The standard InChI is InChI=1S/C6H12N2.C3H6O.CH4/c1-5(2)7-8-6(3)4;1-3(2)4;/h1-4H3;1-2H3;1H4. The maximum Gasteiger partial charge on any atom is 0.126 e. The minimum absolute atomic E-state index is 0. The molecule has 0 unspecified atom stereocenters. The number of hydrogen-bond donors (Lipinski definition) is 0. The normalized spacial score (nSPS) is 6.92. The molecule has 13 heavy (non-hydrogen) atoms. The number of Topliss-reactive ketones (excluding diaryl/α,β-unsaturated/α-hetero) is 1. The molecule has 0 saturated heterocycles. The molecule has 0 aliphatic heterocycles. The van der Waals surface area contributed by atoms with Gasteiger partial charge in [-0.15, -0.1) is 0 Å². The number of carbonyl (C=O) groups is 1. The van der Waals surface area contributed by atoms with Crippen LogP contribution < -0.4 is 0 Å². The Hall–Kier alpha value is -0.990. The predicted octanol–water partition coefficient (Wildman–Crippen LogP) is 3.09. The maximum atomic E-state index is 9.44. The lowest BCUT2D eigenvalue weighted by molar-refractivity contribution is -0.114. The predicted molar refractivity (Wildman–Crippen MR) is 60.7 cm³/mol. The van der Waals surface area contributed by atoms with Crippen LogP contribution in [0.15, 0.2) is 10.2 Å². The van der Waals surface area contributed by atoms with Gasteiger partial charge in [-0.3, -0.25) is 0 Å². The van der Waals surface area contributed by atoms with E-state index in [9.17, 15) is 4.79 Å². The summed E-state index contributed by atoms with van der Waals surface area (Å²) < 4.78 is 0. The van der Waals surface area contributed by atoms with Crippen molar-refractivity contribution in [2.75, 3.05) is 0 Å². The summed E-state index contributed by atoms with van der Waals surface area (Å²) in [6, 6.07) is 0.